The molecule has 4 aromatic heterocycles. The largest absolute Gasteiger partial charge is 0.497 e. The topological polar surface area (TPSA) is 114 Å². The lowest BCUT2D eigenvalue weighted by atomic mass is 10.0. The molecule has 0 bridgehead atoms. The molecule has 5 heterocycles. The zero-order valence-electron chi connectivity index (χ0n) is 43.0. The van der Waals surface area contributed by atoms with Gasteiger partial charge in [0.05, 0.1) is 39.2 Å². The normalized spacial score (nSPS) is 15.2. The Hall–Kier alpha value is -6.61. The van der Waals surface area contributed by atoms with Crippen LogP contribution in [0, 0.1) is 5.92 Å². The van der Waals surface area contributed by atoms with Gasteiger partial charge in [-0.1, -0.05) is 99.4 Å². The molecule has 1 aliphatic carbocycles. The number of anilines is 3. The maximum Gasteiger partial charge on any atom is 0.416 e. The van der Waals surface area contributed by atoms with Gasteiger partial charge in [-0.25, -0.2) is 4.98 Å². The highest BCUT2D eigenvalue weighted by atomic mass is 32.2. The number of thioether (sulfide) groups is 1. The first kappa shape index (κ1) is 54.4. The number of carbonyl (C=O) groups excluding carboxylic acids is 1. The van der Waals surface area contributed by atoms with Crippen molar-refractivity contribution in [2.75, 3.05) is 19.1 Å². The van der Waals surface area contributed by atoms with E-state index in [4.69, 9.17) is 21.7 Å². The van der Waals surface area contributed by atoms with Crippen molar-refractivity contribution >= 4 is 133 Å². The Labute approximate surface area is 478 Å². The van der Waals surface area contributed by atoms with Crippen LogP contribution in [0.2, 0.25) is 0 Å². The minimum Gasteiger partial charge on any atom is -0.497 e. The summed E-state index contributed by atoms with van der Waals surface area (Å²) in [7, 11) is 3.26. The number of benzene rings is 5. The van der Waals surface area contributed by atoms with Crippen LogP contribution in [0.1, 0.15) is 69.4 Å². The number of thiophene rings is 2. The summed E-state index contributed by atoms with van der Waals surface area (Å²) >= 11 is 12.6. The number of thiazole rings is 2. The van der Waals surface area contributed by atoms with Crippen molar-refractivity contribution in [3.8, 4) is 43.0 Å². The van der Waals surface area contributed by atoms with Crippen molar-refractivity contribution in [1.82, 2.24) is 14.5 Å². The highest BCUT2D eigenvalue weighted by Crippen LogP contribution is 2.48. The molecule has 0 spiro atoms. The van der Waals surface area contributed by atoms with Crippen LogP contribution in [-0.2, 0) is 22.3 Å². The summed E-state index contributed by atoms with van der Waals surface area (Å²) in [6.45, 7) is 1.55. The van der Waals surface area contributed by atoms with Gasteiger partial charge in [0.2, 0.25) is 0 Å². The van der Waals surface area contributed by atoms with E-state index < -0.39 is 29.8 Å². The van der Waals surface area contributed by atoms with Gasteiger partial charge in [0.15, 0.2) is 0 Å². The van der Waals surface area contributed by atoms with Crippen LogP contribution < -0.4 is 29.1 Å². The molecular formula is C60H51F3N4O6S6. The Morgan fingerprint density at radius 1 is 0.785 bits per heavy atom. The fourth-order valence-electron chi connectivity index (χ4n) is 9.98. The average Bonchev–Trinajstić information content (AvgIpc) is 3.64. The first-order chi connectivity index (χ1) is 38.2. The van der Waals surface area contributed by atoms with Gasteiger partial charge in [0, 0.05) is 48.7 Å². The molecule has 10 nitrogen and oxygen atoms in total. The van der Waals surface area contributed by atoms with E-state index in [9.17, 15) is 32.7 Å². The summed E-state index contributed by atoms with van der Waals surface area (Å²) in [5.41, 5.74) is 5.05. The Balaban J connectivity index is 1.01. The van der Waals surface area contributed by atoms with Crippen LogP contribution in [0.4, 0.5) is 30.2 Å². The molecule has 1 N–H and O–H groups in total. The minimum absolute atomic E-state index is 0.0447. The molecule has 9 aromatic rings. The number of aromatic nitrogens is 2. The zero-order chi connectivity index (χ0) is 55.1. The number of nitrogens with zero attached hydrogens (tertiary/aromatic N) is 4. The number of methoxy groups -OCH3 is 2. The predicted molar refractivity (Wildman–Crippen MR) is 321 cm³/mol. The Morgan fingerprint density at radius 3 is 2.01 bits per heavy atom. The number of amides is 1. The fraction of sp³-hybridized carbons (Fsp3) is 0.250. The second kappa shape index (κ2) is 22.9. The van der Waals surface area contributed by atoms with Crippen molar-refractivity contribution < 1.29 is 37.3 Å². The number of alkyl halides is 3. The van der Waals surface area contributed by atoms with Gasteiger partial charge in [-0.2, -0.15) is 13.2 Å². The van der Waals surface area contributed by atoms with E-state index in [-0.39, 0.29) is 31.6 Å². The van der Waals surface area contributed by atoms with Gasteiger partial charge in [-0.15, -0.1) is 45.3 Å². The summed E-state index contributed by atoms with van der Waals surface area (Å²) in [5.74, 6) is 0.315. The van der Waals surface area contributed by atoms with Crippen LogP contribution in [0.15, 0.2) is 126 Å². The van der Waals surface area contributed by atoms with E-state index in [0.29, 0.717) is 19.9 Å². The van der Waals surface area contributed by atoms with E-state index in [0.717, 1.165) is 150 Å². The first-order valence-electron chi connectivity index (χ1n) is 25.8. The summed E-state index contributed by atoms with van der Waals surface area (Å²) in [5, 5.41) is 10.8. The van der Waals surface area contributed by atoms with Crippen LogP contribution in [0.3, 0.4) is 0 Å². The van der Waals surface area contributed by atoms with Crippen molar-refractivity contribution in [1.29, 1.82) is 0 Å². The summed E-state index contributed by atoms with van der Waals surface area (Å²) in [6.07, 6.45) is 5.75. The molecule has 1 atom stereocenters. The van der Waals surface area contributed by atoms with Crippen LogP contribution >= 0.6 is 69.3 Å². The second-order valence-electron chi connectivity index (χ2n) is 19.4. The van der Waals surface area contributed by atoms with Crippen molar-refractivity contribution in [3.05, 3.63) is 152 Å². The standard InChI is InChI=1S/C60H51F3N4O6S6/c1-4-5-6-7-8-9-46(34-10-11-34)67-57(71)54(79-59(67)74)58-65(33-51(68)69)56(70)50(78-58)31-44-52(36-16-19-39(20-17-36)66(40-21-25-42(72-2)26-22-40)41-23-27-43(73-3)28-24-41)76-49-32-48(75-53(44)49)35-12-14-37(15-13-35)55-64-45-30-38(60(61,62)63)18-29-47(45)77-55/h12-32,34,46H,4-11,33H2,1-3H3,(H,68,69). The van der Waals surface area contributed by atoms with Gasteiger partial charge in [0.25, 0.3) is 11.5 Å². The number of aliphatic carboxylic acids is 1. The monoisotopic (exact) mass is 1170 g/mol. The molecule has 79 heavy (non-hydrogen) atoms. The van der Waals surface area contributed by atoms with E-state index in [1.54, 1.807) is 41.8 Å². The number of hydrogen-bond acceptors (Lipinski definition) is 13. The number of unbranched alkanes of at least 4 members (excludes halogenated alkanes) is 4. The third-order valence-electron chi connectivity index (χ3n) is 14.2. The average molecular weight is 1170 g/mol. The van der Waals surface area contributed by atoms with E-state index in [1.165, 1.54) is 28.4 Å². The van der Waals surface area contributed by atoms with Gasteiger partial charge < -0.3 is 19.5 Å². The number of rotatable bonds is 19. The van der Waals surface area contributed by atoms with Gasteiger partial charge in [-0.05, 0) is 127 Å². The quantitative estimate of drug-likeness (QED) is 0.0620. The molecule has 404 valence electrons. The molecule has 1 saturated carbocycles. The Bertz CT molecular complexity index is 3910. The molecular weight excluding hydrogens is 1120 g/mol. The third-order valence-corrected chi connectivity index (χ3v) is 20.4. The smallest absolute Gasteiger partial charge is 0.416 e. The Kier molecular flexibility index (Phi) is 15.7. The van der Waals surface area contributed by atoms with E-state index >= 15 is 0 Å². The molecule has 11 rings (SSSR count). The lowest BCUT2D eigenvalue weighted by molar-refractivity contribution is -0.138. The number of fused-ring (bicyclic) bond motifs is 2. The van der Waals surface area contributed by atoms with Crippen molar-refractivity contribution in [3.63, 3.8) is 0 Å². The molecule has 1 amide bonds. The van der Waals surface area contributed by atoms with E-state index in [1.807, 2.05) is 91.0 Å². The number of carboxylic acids is 1. The lowest BCUT2D eigenvalue weighted by Gasteiger charge is -2.27. The number of halogens is 3. The summed E-state index contributed by atoms with van der Waals surface area (Å²) in [4.78, 5) is 52.4. The SMILES string of the molecule is CCCCCCCC(C1CC1)N1C(=O)C(=c2sc(=Cc3c(-c4ccc(N(c5ccc(OC)cc5)c5ccc(OC)cc5)cc4)sc4cc(-c5ccc(-c6nc7cc(C(F)(F)F)ccc7s6)cc5)sc34)c(=O)n2CC(=O)O)SC1=S. The van der Waals surface area contributed by atoms with Crippen LogP contribution in [0.25, 0.3) is 62.0 Å². The molecule has 1 saturated heterocycles. The molecule has 1 unspecified atom stereocenters. The van der Waals surface area contributed by atoms with Gasteiger partial charge >= 0.3 is 12.1 Å². The molecule has 2 aliphatic rings. The third kappa shape index (κ3) is 11.3. The number of ether oxygens (including phenoxy) is 2. The van der Waals surface area contributed by atoms with Crippen molar-refractivity contribution in [2.24, 2.45) is 5.92 Å². The minimum atomic E-state index is -4.47. The number of hydrogen-bond donors (Lipinski definition) is 1. The fourth-order valence-corrected chi connectivity index (χ4v) is 16.1. The van der Waals surface area contributed by atoms with Crippen LogP contribution in [0.5, 0.6) is 11.5 Å². The highest BCUT2D eigenvalue weighted by Gasteiger charge is 2.44. The molecule has 1 aliphatic heterocycles. The summed E-state index contributed by atoms with van der Waals surface area (Å²) in [6, 6.07) is 37.3. The Morgan fingerprint density at radius 2 is 1.41 bits per heavy atom. The molecule has 0 radical (unpaired) electrons. The van der Waals surface area contributed by atoms with Gasteiger partial charge in [-0.3, -0.25) is 23.9 Å². The van der Waals surface area contributed by atoms with Gasteiger partial charge in [0.1, 0.15) is 36.9 Å². The zero-order valence-corrected chi connectivity index (χ0v) is 47.9. The molecule has 2 fully saturated rings. The van der Waals surface area contributed by atoms with Crippen molar-refractivity contribution in [2.45, 2.75) is 77.1 Å². The van der Waals surface area contributed by atoms with E-state index in [2.05, 4.69) is 35.0 Å². The molecule has 19 heteroatoms. The maximum absolute atomic E-state index is 14.7. The highest BCUT2D eigenvalue weighted by molar-refractivity contribution is 8.30. The lowest BCUT2D eigenvalue weighted by Crippen LogP contribution is -2.41. The second-order valence-corrected chi connectivity index (χ2v) is 25.2. The van der Waals surface area contributed by atoms with Crippen LogP contribution in [-0.4, -0.2) is 56.0 Å². The first-order valence-corrected chi connectivity index (χ1v) is 30.2. The molecule has 5 aromatic carbocycles. The number of carbonyl (C=O) groups is 2. The predicted octanol–water partition coefficient (Wildman–Crippen LogP) is 15.3. The number of carboxylic acid groups (broad SMARTS) is 1. The summed E-state index contributed by atoms with van der Waals surface area (Å²) < 4.78 is 56.2. The number of thiocarbonyl (C=S) groups is 1. The maximum atomic E-state index is 14.7.